The highest BCUT2D eigenvalue weighted by molar-refractivity contribution is 5.97. The van der Waals surface area contributed by atoms with Crippen LogP contribution in [0.4, 0.5) is 14.5 Å². The Morgan fingerprint density at radius 1 is 0.964 bits per heavy atom. The minimum absolute atomic E-state index is 0.0163. The number of hydrogen-bond donors (Lipinski definition) is 1. The van der Waals surface area contributed by atoms with Gasteiger partial charge in [0.05, 0.1) is 19.8 Å². The van der Waals surface area contributed by atoms with Gasteiger partial charge in [0.25, 0.3) is 5.91 Å². The quantitative estimate of drug-likeness (QED) is 0.689. The van der Waals surface area contributed by atoms with Gasteiger partial charge in [-0.25, -0.2) is 4.79 Å². The molecule has 1 N–H and O–H groups in total. The molecular weight excluding hydrogens is 376 g/mol. The van der Waals surface area contributed by atoms with Crippen molar-refractivity contribution in [1.82, 2.24) is 0 Å². The van der Waals surface area contributed by atoms with E-state index in [2.05, 4.69) is 10.1 Å². The van der Waals surface area contributed by atoms with E-state index < -0.39 is 24.6 Å². The van der Waals surface area contributed by atoms with Crippen LogP contribution in [-0.4, -0.2) is 38.8 Å². The number of hydrogen-bond acceptors (Lipinski definition) is 6. The second-order valence-corrected chi connectivity index (χ2v) is 5.51. The third kappa shape index (κ3) is 5.57. The van der Waals surface area contributed by atoms with Crippen molar-refractivity contribution >= 4 is 17.6 Å². The molecule has 1 amide bonds. The summed E-state index contributed by atoms with van der Waals surface area (Å²) in [7, 11) is 2.77. The minimum Gasteiger partial charge on any atom is -0.497 e. The summed E-state index contributed by atoms with van der Waals surface area (Å²) in [5.74, 6) is -1.02. The lowest BCUT2D eigenvalue weighted by atomic mass is 10.2. The third-order valence-corrected chi connectivity index (χ3v) is 3.63. The molecule has 9 heteroatoms. The van der Waals surface area contributed by atoms with Crippen molar-refractivity contribution in [2.75, 3.05) is 19.5 Å². The van der Waals surface area contributed by atoms with Gasteiger partial charge in [0.15, 0.2) is 17.6 Å². The number of carbonyl (C=O) groups excluding carboxylic acids is 2. The molecule has 1 atom stereocenters. The zero-order chi connectivity index (χ0) is 20.7. The summed E-state index contributed by atoms with van der Waals surface area (Å²) in [4.78, 5) is 24.4. The van der Waals surface area contributed by atoms with Crippen LogP contribution in [-0.2, 0) is 9.53 Å². The highest BCUT2D eigenvalue weighted by Gasteiger charge is 2.21. The fourth-order valence-corrected chi connectivity index (χ4v) is 2.19. The van der Waals surface area contributed by atoms with Crippen molar-refractivity contribution in [3.63, 3.8) is 0 Å². The Bertz CT molecular complexity index is 826. The van der Waals surface area contributed by atoms with Crippen LogP contribution in [0.25, 0.3) is 0 Å². The molecule has 0 spiro atoms. The van der Waals surface area contributed by atoms with Crippen LogP contribution >= 0.6 is 0 Å². The molecule has 0 saturated heterocycles. The number of methoxy groups -OCH3 is 2. The van der Waals surface area contributed by atoms with Gasteiger partial charge >= 0.3 is 12.6 Å². The first-order valence-electron chi connectivity index (χ1n) is 8.12. The topological polar surface area (TPSA) is 83.1 Å². The van der Waals surface area contributed by atoms with Gasteiger partial charge in [-0.1, -0.05) is 0 Å². The van der Waals surface area contributed by atoms with Gasteiger partial charge in [0.1, 0.15) is 5.75 Å². The highest BCUT2D eigenvalue weighted by Crippen LogP contribution is 2.29. The first-order valence-corrected chi connectivity index (χ1v) is 8.12. The number of esters is 1. The average molecular weight is 395 g/mol. The summed E-state index contributed by atoms with van der Waals surface area (Å²) >= 11 is 0. The SMILES string of the molecule is COc1ccc(NC(=O)[C@@H](C)OC(=O)c2ccc(OC(F)F)c(OC)c2)cc1. The summed E-state index contributed by atoms with van der Waals surface area (Å²) in [6.07, 6.45) is -1.10. The number of halogens is 2. The number of ether oxygens (including phenoxy) is 4. The molecule has 0 aliphatic heterocycles. The van der Waals surface area contributed by atoms with E-state index in [1.54, 1.807) is 24.3 Å². The summed E-state index contributed by atoms with van der Waals surface area (Å²) in [6.45, 7) is -1.63. The van der Waals surface area contributed by atoms with E-state index in [1.165, 1.54) is 33.3 Å². The van der Waals surface area contributed by atoms with Crippen LogP contribution < -0.4 is 19.5 Å². The van der Waals surface area contributed by atoms with Crippen molar-refractivity contribution in [2.45, 2.75) is 19.6 Å². The normalized spacial score (nSPS) is 11.5. The highest BCUT2D eigenvalue weighted by atomic mass is 19.3. The lowest BCUT2D eigenvalue weighted by Crippen LogP contribution is -2.30. The zero-order valence-electron chi connectivity index (χ0n) is 15.4. The van der Waals surface area contributed by atoms with Crippen molar-refractivity contribution in [3.8, 4) is 17.2 Å². The number of nitrogens with one attached hydrogen (secondary N) is 1. The van der Waals surface area contributed by atoms with Gasteiger partial charge in [-0.15, -0.1) is 0 Å². The van der Waals surface area contributed by atoms with Crippen LogP contribution in [0.1, 0.15) is 17.3 Å². The standard InChI is InChI=1S/C19H19F2NO6/c1-11(17(23)22-13-5-7-14(25-2)8-6-13)27-18(24)12-4-9-15(28-19(20)21)16(10-12)26-3/h4-11,19H,1-3H3,(H,22,23)/t11-/m1/s1. The van der Waals surface area contributed by atoms with E-state index >= 15 is 0 Å². The Kier molecular flexibility index (Phi) is 7.14. The fourth-order valence-electron chi connectivity index (χ4n) is 2.19. The Labute approximate surface area is 160 Å². The molecule has 0 unspecified atom stereocenters. The predicted octanol–water partition coefficient (Wildman–Crippen LogP) is 3.49. The molecule has 150 valence electrons. The van der Waals surface area contributed by atoms with Gasteiger partial charge in [0.2, 0.25) is 0 Å². The first-order chi connectivity index (χ1) is 13.3. The van der Waals surface area contributed by atoms with Gasteiger partial charge in [-0.05, 0) is 49.4 Å². The molecule has 0 heterocycles. The minimum atomic E-state index is -3.03. The number of carbonyl (C=O) groups is 2. The first kappa shape index (κ1) is 20.9. The van der Waals surface area contributed by atoms with Crippen molar-refractivity contribution in [2.24, 2.45) is 0 Å². The van der Waals surface area contributed by atoms with Gasteiger partial charge in [-0.3, -0.25) is 4.79 Å². The molecule has 0 aliphatic carbocycles. The fraction of sp³-hybridized carbons (Fsp3) is 0.263. The van der Waals surface area contributed by atoms with Crippen LogP contribution in [0, 0.1) is 0 Å². The molecule has 0 radical (unpaired) electrons. The molecular formula is C19H19F2NO6. The predicted molar refractivity (Wildman–Crippen MR) is 96.1 cm³/mol. The van der Waals surface area contributed by atoms with Crippen LogP contribution in [0.2, 0.25) is 0 Å². The smallest absolute Gasteiger partial charge is 0.387 e. The molecule has 0 bridgehead atoms. The average Bonchev–Trinajstić information content (AvgIpc) is 2.68. The Morgan fingerprint density at radius 2 is 1.64 bits per heavy atom. The summed E-state index contributed by atoms with van der Waals surface area (Å²) < 4.78 is 44.1. The second-order valence-electron chi connectivity index (χ2n) is 5.51. The molecule has 0 fully saturated rings. The van der Waals surface area contributed by atoms with Gasteiger partial charge in [0, 0.05) is 5.69 Å². The van der Waals surface area contributed by atoms with Crippen molar-refractivity contribution < 1.29 is 37.3 Å². The van der Waals surface area contributed by atoms with Crippen LogP contribution in [0.5, 0.6) is 17.2 Å². The largest absolute Gasteiger partial charge is 0.497 e. The van der Waals surface area contributed by atoms with E-state index in [-0.39, 0.29) is 17.1 Å². The Hall–Kier alpha value is -3.36. The number of anilines is 1. The summed E-state index contributed by atoms with van der Waals surface area (Å²) in [5.41, 5.74) is 0.520. The van der Waals surface area contributed by atoms with Crippen molar-refractivity contribution in [1.29, 1.82) is 0 Å². The second kappa shape index (κ2) is 9.54. The van der Waals surface area contributed by atoms with E-state index in [0.29, 0.717) is 11.4 Å². The number of alkyl halides is 2. The molecule has 2 aromatic rings. The van der Waals surface area contributed by atoms with Crippen LogP contribution in [0.3, 0.4) is 0 Å². The van der Waals surface area contributed by atoms with Crippen molar-refractivity contribution in [3.05, 3.63) is 48.0 Å². The van der Waals surface area contributed by atoms with Gasteiger partial charge < -0.3 is 24.3 Å². The van der Waals surface area contributed by atoms with E-state index in [4.69, 9.17) is 14.2 Å². The van der Waals surface area contributed by atoms with Crippen LogP contribution in [0.15, 0.2) is 42.5 Å². The maximum atomic E-state index is 12.4. The van der Waals surface area contributed by atoms with E-state index in [9.17, 15) is 18.4 Å². The Balaban J connectivity index is 2.01. The summed E-state index contributed by atoms with van der Waals surface area (Å²) in [5, 5.41) is 2.60. The lowest BCUT2D eigenvalue weighted by molar-refractivity contribution is -0.123. The molecule has 2 aromatic carbocycles. The maximum Gasteiger partial charge on any atom is 0.387 e. The molecule has 28 heavy (non-hydrogen) atoms. The number of rotatable bonds is 8. The van der Waals surface area contributed by atoms with Gasteiger partial charge in [-0.2, -0.15) is 8.78 Å². The number of benzene rings is 2. The Morgan fingerprint density at radius 3 is 2.21 bits per heavy atom. The molecule has 7 nitrogen and oxygen atoms in total. The van der Waals surface area contributed by atoms with E-state index in [0.717, 1.165) is 6.07 Å². The molecule has 0 aromatic heterocycles. The monoisotopic (exact) mass is 395 g/mol. The lowest BCUT2D eigenvalue weighted by Gasteiger charge is -2.15. The van der Waals surface area contributed by atoms with E-state index in [1.807, 2.05) is 0 Å². The third-order valence-electron chi connectivity index (χ3n) is 3.63. The molecule has 0 saturated carbocycles. The molecule has 2 rings (SSSR count). The molecule has 0 aliphatic rings. The zero-order valence-corrected chi connectivity index (χ0v) is 15.4. The maximum absolute atomic E-state index is 12.4. The number of amides is 1. The summed E-state index contributed by atoms with van der Waals surface area (Å²) in [6, 6.07) is 10.2.